The van der Waals surface area contributed by atoms with Gasteiger partial charge in [0.1, 0.15) is 17.5 Å². The Morgan fingerprint density at radius 2 is 2.16 bits per heavy atom. The monoisotopic (exact) mass is 324 g/mol. The van der Waals surface area contributed by atoms with E-state index in [1.54, 1.807) is 25.4 Å². The average molecular weight is 325 g/mol. The number of aromatic nitrogens is 2. The Labute approximate surface area is 117 Å². The highest BCUT2D eigenvalue weighted by molar-refractivity contribution is 9.10. The number of carbonyl (C=O) groups is 1. The van der Waals surface area contributed by atoms with Crippen LogP contribution in [0.3, 0.4) is 0 Å². The van der Waals surface area contributed by atoms with Crippen LogP contribution in [-0.4, -0.2) is 22.9 Å². The van der Waals surface area contributed by atoms with Gasteiger partial charge in [0, 0.05) is 13.2 Å². The summed E-state index contributed by atoms with van der Waals surface area (Å²) in [5, 5.41) is 5.32. The van der Waals surface area contributed by atoms with Crippen LogP contribution in [0.5, 0.6) is 0 Å². The van der Waals surface area contributed by atoms with E-state index in [1.807, 2.05) is 0 Å². The van der Waals surface area contributed by atoms with Gasteiger partial charge in [-0.25, -0.2) is 14.4 Å². The largest absolute Gasteiger partial charge is 0.372 e. The maximum Gasteiger partial charge on any atom is 0.260 e. The van der Waals surface area contributed by atoms with Gasteiger partial charge in [0.15, 0.2) is 0 Å². The Balaban J connectivity index is 2.30. The molecule has 0 bridgehead atoms. The number of halogens is 2. The van der Waals surface area contributed by atoms with Crippen LogP contribution >= 0.6 is 15.9 Å². The van der Waals surface area contributed by atoms with Crippen molar-refractivity contribution in [1.82, 2.24) is 9.97 Å². The van der Waals surface area contributed by atoms with E-state index in [9.17, 15) is 9.18 Å². The second-order valence-electron chi connectivity index (χ2n) is 3.59. The fourth-order valence-electron chi connectivity index (χ4n) is 1.46. The van der Waals surface area contributed by atoms with E-state index >= 15 is 0 Å². The van der Waals surface area contributed by atoms with E-state index in [0.717, 1.165) is 12.3 Å². The summed E-state index contributed by atoms with van der Waals surface area (Å²) in [5.74, 6) is -0.412. The molecule has 2 aromatic heterocycles. The van der Waals surface area contributed by atoms with Crippen LogP contribution in [0.4, 0.5) is 16.0 Å². The van der Waals surface area contributed by atoms with Gasteiger partial charge < -0.3 is 10.6 Å². The number of hydrogen-bond donors (Lipinski definition) is 2. The predicted molar refractivity (Wildman–Crippen MR) is 73.6 cm³/mol. The van der Waals surface area contributed by atoms with E-state index < -0.39 is 11.7 Å². The number of pyridine rings is 2. The van der Waals surface area contributed by atoms with Crippen molar-refractivity contribution >= 4 is 33.5 Å². The number of rotatable bonds is 3. The van der Waals surface area contributed by atoms with Crippen molar-refractivity contribution < 1.29 is 9.18 Å². The molecule has 0 radical (unpaired) electrons. The Morgan fingerprint density at radius 1 is 1.37 bits per heavy atom. The third kappa shape index (κ3) is 3.05. The molecular formula is C12H10BrFN4O. The van der Waals surface area contributed by atoms with Crippen molar-refractivity contribution in [3.05, 3.63) is 46.4 Å². The summed E-state index contributed by atoms with van der Waals surface area (Å²) in [6.45, 7) is 0. The van der Waals surface area contributed by atoms with Crippen molar-refractivity contribution in [2.45, 2.75) is 0 Å². The first-order valence-electron chi connectivity index (χ1n) is 5.37. The summed E-state index contributed by atoms with van der Waals surface area (Å²) in [7, 11) is 1.60. The first-order chi connectivity index (χ1) is 9.11. The second-order valence-corrected chi connectivity index (χ2v) is 4.44. The van der Waals surface area contributed by atoms with Crippen molar-refractivity contribution in [2.75, 3.05) is 17.7 Å². The Morgan fingerprint density at radius 3 is 2.84 bits per heavy atom. The second kappa shape index (κ2) is 5.75. The van der Waals surface area contributed by atoms with Crippen LogP contribution in [-0.2, 0) is 0 Å². The lowest BCUT2D eigenvalue weighted by molar-refractivity contribution is 0.102. The van der Waals surface area contributed by atoms with Gasteiger partial charge in [0.2, 0.25) is 0 Å². The normalized spacial score (nSPS) is 10.1. The molecule has 0 saturated carbocycles. The molecule has 0 aliphatic rings. The molecule has 0 aliphatic heterocycles. The molecule has 0 aliphatic carbocycles. The molecule has 2 aromatic rings. The van der Waals surface area contributed by atoms with Crippen LogP contribution in [0.2, 0.25) is 0 Å². The lowest BCUT2D eigenvalue weighted by Gasteiger charge is -2.09. The van der Waals surface area contributed by atoms with Gasteiger partial charge in [-0.3, -0.25) is 4.79 Å². The van der Waals surface area contributed by atoms with Crippen LogP contribution in [0.25, 0.3) is 0 Å². The minimum atomic E-state index is -0.579. The quantitative estimate of drug-likeness (QED) is 0.910. The fraction of sp³-hybridized carbons (Fsp3) is 0.0833. The van der Waals surface area contributed by atoms with E-state index in [-0.39, 0.29) is 5.56 Å². The number of amides is 1. The molecule has 0 atom stereocenters. The highest BCUT2D eigenvalue weighted by Gasteiger charge is 2.15. The van der Waals surface area contributed by atoms with Gasteiger partial charge in [0.25, 0.3) is 5.91 Å². The Bertz CT molecular complexity index is 620. The zero-order valence-electron chi connectivity index (χ0n) is 9.95. The summed E-state index contributed by atoms with van der Waals surface area (Å²) in [4.78, 5) is 19.9. The molecule has 2 rings (SSSR count). The van der Waals surface area contributed by atoms with Crippen molar-refractivity contribution in [3.63, 3.8) is 0 Å². The Kier molecular flexibility index (Phi) is 4.06. The van der Waals surface area contributed by atoms with Crippen LogP contribution in [0, 0.1) is 5.82 Å². The van der Waals surface area contributed by atoms with E-state index in [1.165, 1.54) is 0 Å². The number of carbonyl (C=O) groups excluding carboxylic acids is 1. The molecule has 2 heterocycles. The highest BCUT2D eigenvalue weighted by Crippen LogP contribution is 2.20. The molecule has 0 unspecified atom stereocenters. The molecular weight excluding hydrogens is 315 g/mol. The van der Waals surface area contributed by atoms with Crippen molar-refractivity contribution in [2.24, 2.45) is 0 Å². The zero-order chi connectivity index (χ0) is 13.8. The van der Waals surface area contributed by atoms with Crippen LogP contribution < -0.4 is 10.6 Å². The lowest BCUT2D eigenvalue weighted by atomic mass is 10.2. The third-order valence-electron chi connectivity index (χ3n) is 2.33. The summed E-state index contributed by atoms with van der Waals surface area (Å²) in [6, 6.07) is 4.58. The summed E-state index contributed by atoms with van der Waals surface area (Å²) >= 11 is 3.26. The van der Waals surface area contributed by atoms with Gasteiger partial charge in [-0.15, -0.1) is 0 Å². The predicted octanol–water partition coefficient (Wildman–Crippen LogP) is 2.67. The average Bonchev–Trinajstić information content (AvgIpc) is 2.41. The highest BCUT2D eigenvalue weighted by atomic mass is 79.9. The first-order valence-corrected chi connectivity index (χ1v) is 6.16. The fourth-order valence-corrected chi connectivity index (χ4v) is 1.82. The first kappa shape index (κ1) is 13.4. The Hall–Kier alpha value is -2.02. The molecule has 0 saturated heterocycles. The third-order valence-corrected chi connectivity index (χ3v) is 2.97. The smallest absolute Gasteiger partial charge is 0.260 e. The topological polar surface area (TPSA) is 66.9 Å². The summed E-state index contributed by atoms with van der Waals surface area (Å²) < 4.78 is 13.8. The molecule has 7 heteroatoms. The SMILES string of the molecule is CNc1ncc(F)cc1C(=O)Nc1ncccc1Br. The molecule has 1 amide bonds. The molecule has 5 nitrogen and oxygen atoms in total. The number of nitrogens with one attached hydrogen (secondary N) is 2. The number of hydrogen-bond acceptors (Lipinski definition) is 4. The molecule has 98 valence electrons. The van der Waals surface area contributed by atoms with Gasteiger partial charge in [-0.1, -0.05) is 0 Å². The maximum atomic E-state index is 13.2. The maximum absolute atomic E-state index is 13.2. The van der Waals surface area contributed by atoms with Crippen molar-refractivity contribution in [1.29, 1.82) is 0 Å². The van der Waals surface area contributed by atoms with Gasteiger partial charge in [-0.05, 0) is 34.1 Å². The van der Waals surface area contributed by atoms with E-state index in [2.05, 4.69) is 36.5 Å². The van der Waals surface area contributed by atoms with Gasteiger partial charge in [0.05, 0.1) is 16.2 Å². The minimum absolute atomic E-state index is 0.111. The molecule has 0 aromatic carbocycles. The lowest BCUT2D eigenvalue weighted by Crippen LogP contribution is -2.16. The molecule has 0 spiro atoms. The van der Waals surface area contributed by atoms with Crippen molar-refractivity contribution in [3.8, 4) is 0 Å². The zero-order valence-corrected chi connectivity index (χ0v) is 11.5. The van der Waals surface area contributed by atoms with Crippen LogP contribution in [0.15, 0.2) is 35.1 Å². The van der Waals surface area contributed by atoms with Crippen LogP contribution in [0.1, 0.15) is 10.4 Å². The standard InChI is InChI=1S/C12H10BrFN4O/c1-15-10-8(5-7(14)6-17-10)12(19)18-11-9(13)3-2-4-16-11/h2-6H,1H3,(H,15,17)(H,16,18,19). The molecule has 19 heavy (non-hydrogen) atoms. The van der Waals surface area contributed by atoms with E-state index in [4.69, 9.17) is 0 Å². The number of nitrogens with zero attached hydrogens (tertiary/aromatic N) is 2. The number of anilines is 2. The minimum Gasteiger partial charge on any atom is -0.372 e. The van der Waals surface area contributed by atoms with E-state index in [0.29, 0.717) is 16.1 Å². The van der Waals surface area contributed by atoms with Gasteiger partial charge >= 0.3 is 0 Å². The molecule has 0 fully saturated rings. The molecule has 2 N–H and O–H groups in total. The summed E-state index contributed by atoms with van der Waals surface area (Å²) in [6.07, 6.45) is 2.59. The van der Waals surface area contributed by atoms with Gasteiger partial charge in [-0.2, -0.15) is 0 Å². The summed E-state index contributed by atoms with van der Waals surface area (Å²) in [5.41, 5.74) is 0.111.